The lowest BCUT2D eigenvalue weighted by molar-refractivity contribution is -0.131. The minimum absolute atomic E-state index is 0.812. The Labute approximate surface area is 87.6 Å². The molecule has 0 aliphatic rings. The maximum atomic E-state index is 10.2. The summed E-state index contributed by atoms with van der Waals surface area (Å²) in [7, 11) is 0. The molecule has 0 saturated carbocycles. The fourth-order valence-corrected chi connectivity index (χ4v) is 1.02. The molecule has 3 heteroatoms. The minimum atomic E-state index is -0.969. The van der Waals surface area contributed by atoms with Gasteiger partial charge in [-0.25, -0.2) is 4.79 Å². The summed E-state index contributed by atoms with van der Waals surface area (Å²) in [6.45, 7) is 0. The van der Waals surface area contributed by atoms with Gasteiger partial charge in [-0.2, -0.15) is 5.26 Å². The molecule has 0 radical (unpaired) electrons. The second kappa shape index (κ2) is 5.40. The van der Waals surface area contributed by atoms with Crippen molar-refractivity contribution >= 4 is 18.1 Å². The van der Waals surface area contributed by atoms with Crippen LogP contribution in [0.1, 0.15) is 11.1 Å². The molecule has 15 heavy (non-hydrogen) atoms. The summed E-state index contributed by atoms with van der Waals surface area (Å²) >= 11 is 0. The van der Waals surface area contributed by atoms with E-state index in [0.29, 0.717) is 0 Å². The lowest BCUT2D eigenvalue weighted by Gasteiger charge is -1.94. The van der Waals surface area contributed by atoms with Crippen molar-refractivity contribution in [2.24, 2.45) is 0 Å². The van der Waals surface area contributed by atoms with Gasteiger partial charge in [-0.1, -0.05) is 24.3 Å². The van der Waals surface area contributed by atoms with Crippen molar-refractivity contribution in [3.05, 3.63) is 47.5 Å². The topological polar surface area (TPSA) is 61.1 Å². The third-order valence-electron chi connectivity index (χ3n) is 1.71. The average Bonchev–Trinajstić information content (AvgIpc) is 2.25. The fraction of sp³-hybridized carbons (Fsp3) is 0. The minimum Gasteiger partial charge on any atom is -0.478 e. The largest absolute Gasteiger partial charge is 0.478 e. The Morgan fingerprint density at radius 3 is 2.20 bits per heavy atom. The van der Waals surface area contributed by atoms with E-state index >= 15 is 0 Å². The molecule has 0 aliphatic heterocycles. The van der Waals surface area contributed by atoms with E-state index < -0.39 is 5.97 Å². The van der Waals surface area contributed by atoms with Gasteiger partial charge in [0.05, 0.1) is 6.07 Å². The molecule has 0 amide bonds. The van der Waals surface area contributed by atoms with E-state index in [1.165, 1.54) is 12.2 Å². The van der Waals surface area contributed by atoms with Gasteiger partial charge in [-0.05, 0) is 23.3 Å². The monoisotopic (exact) mass is 199 g/mol. The zero-order valence-corrected chi connectivity index (χ0v) is 7.92. The number of carboxylic acids is 1. The van der Waals surface area contributed by atoms with Gasteiger partial charge in [-0.3, -0.25) is 0 Å². The van der Waals surface area contributed by atoms with Gasteiger partial charge >= 0.3 is 5.97 Å². The van der Waals surface area contributed by atoms with Gasteiger partial charge in [0.15, 0.2) is 0 Å². The van der Waals surface area contributed by atoms with Gasteiger partial charge in [0.1, 0.15) is 0 Å². The van der Waals surface area contributed by atoms with Crippen LogP contribution in [0.25, 0.3) is 12.2 Å². The van der Waals surface area contributed by atoms with Crippen molar-refractivity contribution in [1.29, 1.82) is 5.26 Å². The molecule has 0 fully saturated rings. The lowest BCUT2D eigenvalue weighted by atomic mass is 10.1. The van der Waals surface area contributed by atoms with Crippen molar-refractivity contribution in [3.8, 4) is 6.07 Å². The number of carbonyl (C=O) groups is 1. The van der Waals surface area contributed by atoms with Crippen molar-refractivity contribution in [2.45, 2.75) is 0 Å². The van der Waals surface area contributed by atoms with Crippen LogP contribution in [0.4, 0.5) is 0 Å². The zero-order chi connectivity index (χ0) is 11.1. The van der Waals surface area contributed by atoms with Crippen LogP contribution < -0.4 is 0 Å². The second-order valence-electron chi connectivity index (χ2n) is 2.80. The summed E-state index contributed by atoms with van der Waals surface area (Å²) in [4.78, 5) is 10.2. The molecule has 1 aromatic carbocycles. The molecule has 3 nitrogen and oxygen atoms in total. The molecule has 0 unspecified atom stereocenters. The maximum Gasteiger partial charge on any atom is 0.328 e. The second-order valence-corrected chi connectivity index (χ2v) is 2.80. The molecule has 1 N–H and O–H groups in total. The predicted molar refractivity (Wildman–Crippen MR) is 57.8 cm³/mol. The van der Waals surface area contributed by atoms with E-state index in [9.17, 15) is 4.79 Å². The Hall–Kier alpha value is -2.34. The van der Waals surface area contributed by atoms with Crippen molar-refractivity contribution in [3.63, 3.8) is 0 Å². The molecular formula is C12H9NO2. The van der Waals surface area contributed by atoms with E-state index in [2.05, 4.69) is 0 Å². The van der Waals surface area contributed by atoms with Crippen LogP contribution >= 0.6 is 0 Å². The number of nitrogens with zero attached hydrogens (tertiary/aromatic N) is 1. The highest BCUT2D eigenvalue weighted by Gasteiger charge is 1.90. The van der Waals surface area contributed by atoms with Gasteiger partial charge in [0, 0.05) is 12.2 Å². The first-order valence-electron chi connectivity index (χ1n) is 4.29. The molecule has 0 atom stereocenters. The van der Waals surface area contributed by atoms with Crippen LogP contribution in [-0.2, 0) is 4.79 Å². The van der Waals surface area contributed by atoms with Crippen LogP contribution in [0.3, 0.4) is 0 Å². The Morgan fingerprint density at radius 2 is 1.73 bits per heavy atom. The lowest BCUT2D eigenvalue weighted by Crippen LogP contribution is -1.85. The number of nitriles is 1. The number of allylic oxidation sites excluding steroid dienone is 1. The number of benzene rings is 1. The highest BCUT2D eigenvalue weighted by molar-refractivity contribution is 5.85. The Morgan fingerprint density at radius 1 is 1.20 bits per heavy atom. The molecule has 74 valence electrons. The maximum absolute atomic E-state index is 10.2. The van der Waals surface area contributed by atoms with E-state index in [4.69, 9.17) is 10.4 Å². The van der Waals surface area contributed by atoms with Crippen molar-refractivity contribution in [2.75, 3.05) is 0 Å². The van der Waals surface area contributed by atoms with Gasteiger partial charge in [0.25, 0.3) is 0 Å². The SMILES string of the molecule is N#CC=Cc1ccc(/C=C/C(=O)O)cc1. The number of carboxylic acid groups (broad SMARTS) is 1. The standard InChI is InChI=1S/C12H9NO2/c13-9-1-2-10-3-5-11(6-4-10)7-8-12(14)15/h1-8H,(H,14,15)/b2-1?,8-7+. The summed E-state index contributed by atoms with van der Waals surface area (Å²) in [5, 5.41) is 16.7. The highest BCUT2D eigenvalue weighted by Crippen LogP contribution is 2.07. The predicted octanol–water partition coefficient (Wildman–Crippen LogP) is 2.32. The van der Waals surface area contributed by atoms with E-state index in [1.54, 1.807) is 18.2 Å². The highest BCUT2D eigenvalue weighted by atomic mass is 16.4. The average molecular weight is 199 g/mol. The van der Waals surface area contributed by atoms with Crippen LogP contribution in [0, 0.1) is 11.3 Å². The Bertz CT molecular complexity index is 436. The molecule has 1 rings (SSSR count). The first-order valence-corrected chi connectivity index (χ1v) is 4.29. The summed E-state index contributed by atoms with van der Waals surface area (Å²) in [6.07, 6.45) is 5.67. The van der Waals surface area contributed by atoms with E-state index in [0.717, 1.165) is 17.2 Å². The summed E-state index contributed by atoms with van der Waals surface area (Å²) in [5.74, 6) is -0.969. The van der Waals surface area contributed by atoms with Crippen LogP contribution in [-0.4, -0.2) is 11.1 Å². The van der Waals surface area contributed by atoms with Gasteiger partial charge < -0.3 is 5.11 Å². The molecule has 0 spiro atoms. The third-order valence-corrected chi connectivity index (χ3v) is 1.71. The molecule has 0 bridgehead atoms. The van der Waals surface area contributed by atoms with Crippen LogP contribution in [0.15, 0.2) is 36.4 Å². The number of hydrogen-bond donors (Lipinski definition) is 1. The molecular weight excluding hydrogens is 190 g/mol. The van der Waals surface area contributed by atoms with E-state index in [1.807, 2.05) is 18.2 Å². The molecule has 0 aromatic heterocycles. The van der Waals surface area contributed by atoms with Crippen LogP contribution in [0.2, 0.25) is 0 Å². The van der Waals surface area contributed by atoms with Crippen LogP contribution in [0.5, 0.6) is 0 Å². The van der Waals surface area contributed by atoms with Gasteiger partial charge in [0.2, 0.25) is 0 Å². The number of hydrogen-bond acceptors (Lipinski definition) is 2. The van der Waals surface area contributed by atoms with Gasteiger partial charge in [-0.15, -0.1) is 0 Å². The smallest absolute Gasteiger partial charge is 0.328 e. The molecule has 0 heterocycles. The number of rotatable bonds is 3. The third kappa shape index (κ3) is 3.92. The molecule has 0 saturated heterocycles. The van der Waals surface area contributed by atoms with E-state index in [-0.39, 0.29) is 0 Å². The summed E-state index contributed by atoms with van der Waals surface area (Å²) in [5.41, 5.74) is 1.72. The molecule has 0 aliphatic carbocycles. The summed E-state index contributed by atoms with van der Waals surface area (Å²) in [6, 6.07) is 9.10. The first-order chi connectivity index (χ1) is 7.22. The Kier molecular flexibility index (Phi) is 3.87. The molecule has 1 aromatic rings. The quantitative estimate of drug-likeness (QED) is 0.600. The zero-order valence-electron chi connectivity index (χ0n) is 7.92. The van der Waals surface area contributed by atoms with Crippen molar-refractivity contribution < 1.29 is 9.90 Å². The first kappa shape index (κ1) is 10.7. The number of aliphatic carboxylic acids is 1. The Balaban J connectivity index is 2.77. The van der Waals surface area contributed by atoms with Crippen molar-refractivity contribution in [1.82, 2.24) is 0 Å². The normalized spacial score (nSPS) is 10.6. The fourth-order valence-electron chi connectivity index (χ4n) is 1.02. The summed E-state index contributed by atoms with van der Waals surface area (Å²) < 4.78 is 0.